The fraction of sp³-hybridized carbons (Fsp3) is 0.706. The number of likely N-dealkylation sites (N-methyl/N-ethyl adjacent to an activating group) is 1. The Balaban J connectivity index is 1.95. The summed E-state index contributed by atoms with van der Waals surface area (Å²) >= 11 is 0. The first-order valence-corrected chi connectivity index (χ1v) is 8.34. The van der Waals surface area contributed by atoms with Gasteiger partial charge in [-0.3, -0.25) is 4.79 Å². The van der Waals surface area contributed by atoms with Crippen LogP contribution in [0.2, 0.25) is 0 Å². The van der Waals surface area contributed by atoms with Gasteiger partial charge in [0.15, 0.2) is 0 Å². The quantitative estimate of drug-likeness (QED) is 0.696. The van der Waals surface area contributed by atoms with E-state index in [1.165, 1.54) is 19.0 Å². The first-order chi connectivity index (χ1) is 11.0. The van der Waals surface area contributed by atoms with Crippen molar-refractivity contribution in [1.82, 2.24) is 19.8 Å². The Morgan fingerprint density at radius 1 is 1.26 bits per heavy atom. The molecule has 1 amide bonds. The largest absolute Gasteiger partial charge is 0.476 e. The molecule has 0 unspecified atom stereocenters. The van der Waals surface area contributed by atoms with E-state index >= 15 is 0 Å². The summed E-state index contributed by atoms with van der Waals surface area (Å²) in [6.07, 6.45) is 5.54. The molecule has 1 aromatic heterocycles. The number of carbonyl (C=O) groups is 1. The predicted molar refractivity (Wildman–Crippen MR) is 89.5 cm³/mol. The second-order valence-corrected chi connectivity index (χ2v) is 6.94. The van der Waals surface area contributed by atoms with Crippen molar-refractivity contribution in [3.8, 4) is 5.88 Å². The van der Waals surface area contributed by atoms with Gasteiger partial charge in [-0.15, -0.1) is 0 Å². The first-order valence-electron chi connectivity index (χ1n) is 8.34. The molecule has 1 aliphatic carbocycles. The molecule has 0 N–H and O–H groups in total. The molecule has 23 heavy (non-hydrogen) atoms. The lowest BCUT2D eigenvalue weighted by atomic mass is 10.2. The molecule has 0 atom stereocenters. The van der Waals surface area contributed by atoms with Crippen molar-refractivity contribution in [1.29, 1.82) is 0 Å². The van der Waals surface area contributed by atoms with E-state index in [2.05, 4.69) is 28.7 Å². The molecule has 6 nitrogen and oxygen atoms in total. The van der Waals surface area contributed by atoms with Gasteiger partial charge in [-0.25, -0.2) is 9.97 Å². The van der Waals surface area contributed by atoms with Crippen LogP contribution in [0.3, 0.4) is 0 Å². The number of nitrogens with zero attached hydrogens (tertiary/aromatic N) is 4. The van der Waals surface area contributed by atoms with Gasteiger partial charge in [-0.05, 0) is 38.8 Å². The summed E-state index contributed by atoms with van der Waals surface area (Å²) in [6, 6.07) is 0. The van der Waals surface area contributed by atoms with Crippen LogP contribution in [0.1, 0.15) is 37.2 Å². The Kier molecular flexibility index (Phi) is 6.33. The van der Waals surface area contributed by atoms with Gasteiger partial charge in [0, 0.05) is 19.6 Å². The third-order valence-corrected chi connectivity index (χ3v) is 3.70. The van der Waals surface area contributed by atoms with Gasteiger partial charge in [0.05, 0.1) is 19.0 Å². The maximum atomic E-state index is 12.6. The van der Waals surface area contributed by atoms with E-state index in [1.807, 2.05) is 19.0 Å². The van der Waals surface area contributed by atoms with Crippen LogP contribution in [0.5, 0.6) is 5.88 Å². The molecule has 2 rings (SSSR count). The lowest BCUT2D eigenvalue weighted by Crippen LogP contribution is -2.39. The van der Waals surface area contributed by atoms with E-state index in [0.29, 0.717) is 43.1 Å². The molecular formula is C17H28N4O2. The second kappa shape index (κ2) is 8.24. The number of ether oxygens (including phenoxy) is 1. The van der Waals surface area contributed by atoms with Gasteiger partial charge in [0.25, 0.3) is 5.91 Å². The van der Waals surface area contributed by atoms with E-state index in [4.69, 9.17) is 4.74 Å². The molecule has 6 heteroatoms. The molecule has 0 radical (unpaired) electrons. The minimum absolute atomic E-state index is 0.0678. The van der Waals surface area contributed by atoms with Crippen molar-refractivity contribution in [3.63, 3.8) is 0 Å². The summed E-state index contributed by atoms with van der Waals surface area (Å²) < 4.78 is 5.56. The van der Waals surface area contributed by atoms with Crippen LogP contribution < -0.4 is 4.74 Å². The average Bonchev–Trinajstić information content (AvgIpc) is 3.33. The van der Waals surface area contributed by atoms with Crippen LogP contribution in [0.25, 0.3) is 0 Å². The minimum atomic E-state index is -0.0678. The second-order valence-electron chi connectivity index (χ2n) is 6.94. The van der Waals surface area contributed by atoms with E-state index in [9.17, 15) is 4.79 Å². The molecule has 1 heterocycles. The SMILES string of the molecule is CC(C)CN(CCN(C)C)C(=O)c1cnc(OCC2CC2)cn1. The maximum absolute atomic E-state index is 12.6. The highest BCUT2D eigenvalue weighted by atomic mass is 16.5. The highest BCUT2D eigenvalue weighted by Gasteiger charge is 2.22. The number of carbonyl (C=O) groups excluding carboxylic acids is 1. The van der Waals surface area contributed by atoms with Crippen LogP contribution in [-0.2, 0) is 0 Å². The van der Waals surface area contributed by atoms with Gasteiger partial charge in [0.1, 0.15) is 5.69 Å². The fourth-order valence-corrected chi connectivity index (χ4v) is 2.19. The zero-order valence-electron chi connectivity index (χ0n) is 14.7. The third kappa shape index (κ3) is 6.14. The van der Waals surface area contributed by atoms with E-state index < -0.39 is 0 Å². The van der Waals surface area contributed by atoms with E-state index in [1.54, 1.807) is 6.20 Å². The van der Waals surface area contributed by atoms with Crippen molar-refractivity contribution in [3.05, 3.63) is 18.1 Å². The van der Waals surface area contributed by atoms with Crippen molar-refractivity contribution in [2.45, 2.75) is 26.7 Å². The molecule has 0 bridgehead atoms. The Labute approximate surface area is 138 Å². The number of rotatable bonds is 9. The molecule has 0 aliphatic heterocycles. The molecule has 1 fully saturated rings. The Morgan fingerprint density at radius 2 is 2.00 bits per heavy atom. The Morgan fingerprint density at radius 3 is 2.52 bits per heavy atom. The van der Waals surface area contributed by atoms with Crippen LogP contribution >= 0.6 is 0 Å². The van der Waals surface area contributed by atoms with Crippen LogP contribution in [0.15, 0.2) is 12.4 Å². The molecular weight excluding hydrogens is 292 g/mol. The molecule has 0 saturated heterocycles. The van der Waals surface area contributed by atoms with Crippen molar-refractivity contribution in [2.24, 2.45) is 11.8 Å². The molecule has 1 aliphatic rings. The monoisotopic (exact) mass is 320 g/mol. The van der Waals surface area contributed by atoms with E-state index in [0.717, 1.165) is 6.54 Å². The molecule has 0 aromatic carbocycles. The van der Waals surface area contributed by atoms with Crippen LogP contribution in [0.4, 0.5) is 0 Å². The molecule has 128 valence electrons. The number of hydrogen-bond donors (Lipinski definition) is 0. The summed E-state index contributed by atoms with van der Waals surface area (Å²) in [6.45, 7) is 7.14. The minimum Gasteiger partial charge on any atom is -0.476 e. The Bertz CT molecular complexity index is 498. The normalized spacial score (nSPS) is 14.3. The summed E-state index contributed by atoms with van der Waals surface area (Å²) in [5, 5.41) is 0. The predicted octanol–water partition coefficient (Wildman–Crippen LogP) is 1.93. The van der Waals surface area contributed by atoms with Gasteiger partial charge >= 0.3 is 0 Å². The first kappa shape index (κ1) is 17.7. The maximum Gasteiger partial charge on any atom is 0.274 e. The summed E-state index contributed by atoms with van der Waals surface area (Å²) in [5.41, 5.74) is 0.378. The zero-order chi connectivity index (χ0) is 16.8. The highest BCUT2D eigenvalue weighted by Crippen LogP contribution is 2.29. The van der Waals surface area contributed by atoms with Crippen LogP contribution in [0, 0.1) is 11.8 Å². The molecule has 1 aromatic rings. The summed E-state index contributed by atoms with van der Waals surface area (Å²) in [4.78, 5) is 25.0. The lowest BCUT2D eigenvalue weighted by molar-refractivity contribution is 0.0718. The van der Waals surface area contributed by atoms with Crippen molar-refractivity contribution < 1.29 is 9.53 Å². The molecule has 1 saturated carbocycles. The number of amides is 1. The van der Waals surface area contributed by atoms with Gasteiger partial charge in [-0.1, -0.05) is 13.8 Å². The van der Waals surface area contributed by atoms with Gasteiger partial charge in [0.2, 0.25) is 5.88 Å². The van der Waals surface area contributed by atoms with Crippen molar-refractivity contribution >= 4 is 5.91 Å². The number of hydrogen-bond acceptors (Lipinski definition) is 5. The van der Waals surface area contributed by atoms with Crippen molar-refractivity contribution in [2.75, 3.05) is 40.3 Å². The summed E-state index contributed by atoms with van der Waals surface area (Å²) in [5.74, 6) is 1.51. The lowest BCUT2D eigenvalue weighted by Gasteiger charge is -2.25. The van der Waals surface area contributed by atoms with Crippen LogP contribution in [-0.4, -0.2) is 66.0 Å². The van der Waals surface area contributed by atoms with Gasteiger partial charge < -0.3 is 14.5 Å². The summed E-state index contributed by atoms with van der Waals surface area (Å²) in [7, 11) is 4.01. The molecule has 0 spiro atoms. The number of aromatic nitrogens is 2. The topological polar surface area (TPSA) is 58.6 Å². The standard InChI is InChI=1S/C17H28N4O2/c1-13(2)11-21(8-7-20(3)4)17(22)15-9-19-16(10-18-15)23-12-14-5-6-14/h9-10,13-14H,5-8,11-12H2,1-4H3. The third-order valence-electron chi connectivity index (χ3n) is 3.70. The van der Waals surface area contributed by atoms with E-state index in [-0.39, 0.29) is 5.91 Å². The fourth-order valence-electron chi connectivity index (χ4n) is 2.19. The zero-order valence-corrected chi connectivity index (χ0v) is 14.7. The Hall–Kier alpha value is -1.69. The average molecular weight is 320 g/mol. The van der Waals surface area contributed by atoms with Gasteiger partial charge in [-0.2, -0.15) is 0 Å². The smallest absolute Gasteiger partial charge is 0.274 e. The highest BCUT2D eigenvalue weighted by molar-refractivity contribution is 5.92.